The summed E-state index contributed by atoms with van der Waals surface area (Å²) in [6, 6.07) is 11.4. The molecule has 1 amide bonds. The van der Waals surface area contributed by atoms with Crippen molar-refractivity contribution >= 4 is 27.5 Å². The first-order valence-electron chi connectivity index (χ1n) is 6.60. The van der Waals surface area contributed by atoms with Crippen LogP contribution in [0.1, 0.15) is 22.7 Å². The number of nitrogens with one attached hydrogen (secondary N) is 1. The van der Waals surface area contributed by atoms with Crippen LogP contribution in [0.2, 0.25) is 0 Å². The number of hydrogen-bond donors (Lipinski definition) is 2. The number of rotatable bonds is 3. The molecular weight excluding hydrogens is 332 g/mol. The van der Waals surface area contributed by atoms with Crippen molar-refractivity contribution in [1.82, 2.24) is 0 Å². The number of nitrogens with two attached hydrogens (primary N) is 1. The summed E-state index contributed by atoms with van der Waals surface area (Å²) in [4.78, 5) is 11.4. The summed E-state index contributed by atoms with van der Waals surface area (Å²) in [5.41, 5.74) is 10.2. The van der Waals surface area contributed by atoms with Crippen molar-refractivity contribution in [1.29, 1.82) is 0 Å². The highest BCUT2D eigenvalue weighted by Gasteiger charge is 2.19. The van der Waals surface area contributed by atoms with Crippen LogP contribution in [0.25, 0.3) is 0 Å². The average Bonchev–Trinajstić information content (AvgIpc) is 2.85. The fraction of sp³-hybridized carbons (Fsp3) is 0.188. The largest absolute Gasteiger partial charge is 0.496 e. The van der Waals surface area contributed by atoms with Gasteiger partial charge in [0.15, 0.2) is 0 Å². The van der Waals surface area contributed by atoms with Gasteiger partial charge in [0.2, 0.25) is 5.91 Å². The highest BCUT2D eigenvalue weighted by molar-refractivity contribution is 9.10. The molecule has 0 saturated heterocycles. The molecule has 0 fully saturated rings. The van der Waals surface area contributed by atoms with E-state index in [0.717, 1.165) is 32.6 Å². The normalized spacial score (nSPS) is 14.5. The van der Waals surface area contributed by atoms with Crippen LogP contribution in [-0.4, -0.2) is 13.0 Å². The number of anilines is 1. The zero-order valence-corrected chi connectivity index (χ0v) is 13.1. The van der Waals surface area contributed by atoms with Gasteiger partial charge in [-0.15, -0.1) is 0 Å². The topological polar surface area (TPSA) is 64.3 Å². The van der Waals surface area contributed by atoms with Gasteiger partial charge in [-0.2, -0.15) is 0 Å². The van der Waals surface area contributed by atoms with E-state index >= 15 is 0 Å². The van der Waals surface area contributed by atoms with Gasteiger partial charge >= 0.3 is 0 Å². The Morgan fingerprint density at radius 3 is 2.67 bits per heavy atom. The molecule has 3 N–H and O–H groups in total. The molecule has 4 nitrogen and oxygen atoms in total. The molecule has 21 heavy (non-hydrogen) atoms. The van der Waals surface area contributed by atoms with Crippen LogP contribution in [0.3, 0.4) is 0 Å². The molecule has 1 atom stereocenters. The molecule has 1 heterocycles. The van der Waals surface area contributed by atoms with Gasteiger partial charge in [-0.05, 0) is 50.8 Å². The Kier molecular flexibility index (Phi) is 3.69. The monoisotopic (exact) mass is 346 g/mol. The highest BCUT2D eigenvalue weighted by atomic mass is 79.9. The SMILES string of the molecule is COc1ccc(C(N)c2ccc3c(c2)CC(=O)N3)cc1Br. The van der Waals surface area contributed by atoms with Crippen molar-refractivity contribution in [2.75, 3.05) is 12.4 Å². The van der Waals surface area contributed by atoms with E-state index in [-0.39, 0.29) is 11.9 Å². The number of amides is 1. The summed E-state index contributed by atoms with van der Waals surface area (Å²) in [6.07, 6.45) is 0.419. The maximum absolute atomic E-state index is 11.4. The predicted molar refractivity (Wildman–Crippen MR) is 85.5 cm³/mol. The summed E-state index contributed by atoms with van der Waals surface area (Å²) in [6.45, 7) is 0. The predicted octanol–water partition coefficient (Wildman–Crippen LogP) is 3.00. The Balaban J connectivity index is 1.92. The minimum absolute atomic E-state index is 0.0305. The number of ether oxygens (including phenoxy) is 1. The molecule has 0 saturated carbocycles. The van der Waals surface area contributed by atoms with Crippen molar-refractivity contribution in [2.24, 2.45) is 5.73 Å². The standard InChI is InChI=1S/C16H15BrN2O2/c1-21-14-5-3-10(7-12(14)17)16(18)9-2-4-13-11(6-9)8-15(20)19-13/h2-7,16H,8,18H2,1H3,(H,19,20). The minimum atomic E-state index is -0.242. The number of carbonyl (C=O) groups is 1. The second kappa shape index (κ2) is 5.50. The maximum Gasteiger partial charge on any atom is 0.228 e. The number of methoxy groups -OCH3 is 1. The molecule has 108 valence electrons. The van der Waals surface area contributed by atoms with Gasteiger partial charge in [0.1, 0.15) is 5.75 Å². The third kappa shape index (κ3) is 2.66. The number of fused-ring (bicyclic) bond motifs is 1. The molecule has 3 rings (SSSR count). The van der Waals surface area contributed by atoms with E-state index in [1.165, 1.54) is 0 Å². The Labute approximate surface area is 131 Å². The van der Waals surface area contributed by atoms with Crippen LogP contribution in [0, 0.1) is 0 Å². The van der Waals surface area contributed by atoms with Crippen molar-refractivity contribution in [3.8, 4) is 5.75 Å². The molecular formula is C16H15BrN2O2. The van der Waals surface area contributed by atoms with E-state index in [4.69, 9.17) is 10.5 Å². The molecule has 2 aromatic rings. The molecule has 5 heteroatoms. The van der Waals surface area contributed by atoms with E-state index < -0.39 is 0 Å². The Morgan fingerprint density at radius 2 is 1.95 bits per heavy atom. The number of halogens is 1. The zero-order valence-electron chi connectivity index (χ0n) is 11.5. The Morgan fingerprint density at radius 1 is 1.24 bits per heavy atom. The summed E-state index contributed by atoms with van der Waals surface area (Å²) < 4.78 is 6.10. The van der Waals surface area contributed by atoms with E-state index in [2.05, 4.69) is 21.2 Å². The molecule has 1 unspecified atom stereocenters. The first-order chi connectivity index (χ1) is 10.1. The number of carbonyl (C=O) groups excluding carboxylic acids is 1. The highest BCUT2D eigenvalue weighted by Crippen LogP contribution is 2.32. The van der Waals surface area contributed by atoms with Crippen molar-refractivity contribution in [3.05, 3.63) is 57.6 Å². The van der Waals surface area contributed by atoms with Gasteiger partial charge in [0, 0.05) is 5.69 Å². The minimum Gasteiger partial charge on any atom is -0.496 e. The van der Waals surface area contributed by atoms with Gasteiger partial charge in [-0.3, -0.25) is 4.79 Å². The van der Waals surface area contributed by atoms with Crippen molar-refractivity contribution in [3.63, 3.8) is 0 Å². The van der Waals surface area contributed by atoms with Gasteiger partial charge in [0.25, 0.3) is 0 Å². The van der Waals surface area contributed by atoms with E-state index in [9.17, 15) is 4.79 Å². The summed E-state index contributed by atoms with van der Waals surface area (Å²) >= 11 is 3.47. The fourth-order valence-corrected chi connectivity index (χ4v) is 3.07. The van der Waals surface area contributed by atoms with Gasteiger partial charge in [-0.1, -0.05) is 18.2 Å². The first kappa shape index (κ1) is 14.1. The van der Waals surface area contributed by atoms with Crippen molar-refractivity contribution in [2.45, 2.75) is 12.5 Å². The smallest absolute Gasteiger partial charge is 0.228 e. The lowest BCUT2D eigenvalue weighted by atomic mass is 9.97. The zero-order chi connectivity index (χ0) is 15.0. The van der Waals surface area contributed by atoms with E-state index in [1.807, 2.05) is 36.4 Å². The lowest BCUT2D eigenvalue weighted by Gasteiger charge is -2.15. The van der Waals surface area contributed by atoms with E-state index in [1.54, 1.807) is 7.11 Å². The molecule has 0 spiro atoms. The molecule has 1 aliphatic heterocycles. The summed E-state index contributed by atoms with van der Waals surface area (Å²) in [5.74, 6) is 0.803. The van der Waals surface area contributed by atoms with Gasteiger partial charge < -0.3 is 15.8 Å². The Hall–Kier alpha value is -1.85. The lowest BCUT2D eigenvalue weighted by molar-refractivity contribution is -0.115. The van der Waals surface area contributed by atoms with Crippen LogP contribution in [0.4, 0.5) is 5.69 Å². The molecule has 1 aliphatic rings. The van der Waals surface area contributed by atoms with Gasteiger partial charge in [-0.25, -0.2) is 0 Å². The molecule has 2 aromatic carbocycles. The number of hydrogen-bond acceptors (Lipinski definition) is 3. The fourth-order valence-electron chi connectivity index (χ4n) is 2.51. The third-order valence-corrected chi connectivity index (χ3v) is 4.27. The second-order valence-corrected chi connectivity index (χ2v) is 5.87. The van der Waals surface area contributed by atoms with Crippen LogP contribution in [0.5, 0.6) is 5.75 Å². The summed E-state index contributed by atoms with van der Waals surface area (Å²) in [7, 11) is 1.63. The Bertz CT molecular complexity index is 715. The molecule has 0 aromatic heterocycles. The maximum atomic E-state index is 11.4. The molecule has 0 aliphatic carbocycles. The quantitative estimate of drug-likeness (QED) is 0.897. The van der Waals surface area contributed by atoms with Crippen LogP contribution in [0.15, 0.2) is 40.9 Å². The molecule has 0 bridgehead atoms. The lowest BCUT2D eigenvalue weighted by Crippen LogP contribution is -2.12. The van der Waals surface area contributed by atoms with Crippen LogP contribution in [-0.2, 0) is 11.2 Å². The van der Waals surface area contributed by atoms with Crippen molar-refractivity contribution < 1.29 is 9.53 Å². The van der Waals surface area contributed by atoms with Gasteiger partial charge in [0.05, 0.1) is 24.0 Å². The first-order valence-corrected chi connectivity index (χ1v) is 7.39. The third-order valence-electron chi connectivity index (χ3n) is 3.65. The summed E-state index contributed by atoms with van der Waals surface area (Å²) in [5, 5.41) is 2.82. The number of benzene rings is 2. The average molecular weight is 347 g/mol. The van der Waals surface area contributed by atoms with Crippen LogP contribution >= 0.6 is 15.9 Å². The second-order valence-electron chi connectivity index (χ2n) is 5.01. The van der Waals surface area contributed by atoms with E-state index in [0.29, 0.717) is 6.42 Å². The van der Waals surface area contributed by atoms with Crippen LogP contribution < -0.4 is 15.8 Å². The molecule has 0 radical (unpaired) electrons.